The van der Waals surface area contributed by atoms with Gasteiger partial charge < -0.3 is 28.1 Å². The van der Waals surface area contributed by atoms with Crippen molar-refractivity contribution in [3.63, 3.8) is 0 Å². The van der Waals surface area contributed by atoms with E-state index >= 15 is 0 Å². The van der Waals surface area contributed by atoms with Crippen LogP contribution in [0.1, 0.15) is 114 Å². The van der Waals surface area contributed by atoms with Gasteiger partial charge in [-0.05, 0) is 104 Å². The summed E-state index contributed by atoms with van der Waals surface area (Å²) in [6, 6.07) is 0. The minimum atomic E-state index is -2.28. The molecule has 4 rings (SSSR count). The molecular weight excluding hydrogens is 697 g/mol. The van der Waals surface area contributed by atoms with Crippen molar-refractivity contribution in [3.05, 3.63) is 11.6 Å². The lowest BCUT2D eigenvalue weighted by Crippen LogP contribution is -2.57. The minimum absolute atomic E-state index is 0.0353. The highest BCUT2D eigenvalue weighted by molar-refractivity contribution is 6.74. The number of ether oxygens (including phenoxy) is 2. The molecule has 8 nitrogen and oxygen atoms in total. The van der Waals surface area contributed by atoms with E-state index in [0.29, 0.717) is 23.7 Å². The number of carbonyl (C=O) groups is 2. The Labute approximate surface area is 327 Å². The van der Waals surface area contributed by atoms with E-state index < -0.39 is 28.8 Å². The van der Waals surface area contributed by atoms with Crippen LogP contribution in [0.25, 0.3) is 0 Å². The summed E-state index contributed by atoms with van der Waals surface area (Å²) in [5, 5.41) is -0.0775. The van der Waals surface area contributed by atoms with Gasteiger partial charge in [0.25, 0.3) is 11.8 Å². The Balaban J connectivity index is 1.67. The SMILES string of the molecule is CC[C@H]1CC[C@H]2[C@@H]3CC=C4CC(OCC(O[Si](C)(C)C(C)(C)C)C(=O)N(C)C)CC(OCC(O[Si](C)(C)C(C)(C)C)C(=O)N(C)C)[C@]4(C)[C@H]3CC[C@]12C. The molecule has 0 aliphatic heterocycles. The van der Waals surface area contributed by atoms with Crippen LogP contribution in [0.2, 0.25) is 36.3 Å². The lowest BCUT2D eigenvalue weighted by atomic mass is 9.46. The number of carbonyl (C=O) groups excluding carboxylic acids is 2. The van der Waals surface area contributed by atoms with Crippen LogP contribution < -0.4 is 0 Å². The fourth-order valence-corrected chi connectivity index (χ4v) is 12.7. The summed E-state index contributed by atoms with van der Waals surface area (Å²) in [6.45, 7) is 30.0. The van der Waals surface area contributed by atoms with Gasteiger partial charge in [-0.15, -0.1) is 0 Å². The lowest BCUT2D eigenvalue weighted by Gasteiger charge is -2.60. The number of amides is 2. The van der Waals surface area contributed by atoms with Crippen molar-refractivity contribution in [2.75, 3.05) is 41.4 Å². The number of hydrogen-bond acceptors (Lipinski definition) is 6. The van der Waals surface area contributed by atoms with Gasteiger partial charge in [0.2, 0.25) is 0 Å². The van der Waals surface area contributed by atoms with E-state index in [9.17, 15) is 9.59 Å². The Morgan fingerprint density at radius 1 is 0.811 bits per heavy atom. The fraction of sp³-hybridized carbons (Fsp3) is 0.907. The standard InChI is InChI=1S/C43H80N2O6Si2/c1-18-29-20-22-33-32-21-19-30-25-31(48-27-35(38(46)44(10)11)50-52(14,15)40(2,3)4)26-37(43(30,9)34(32)23-24-42(29,33)8)49-28-36(39(47)45(12)13)51-53(16,17)41(5,6)7/h19,29,31-37H,18,20-28H2,1-17H3/t29-,31?,32-,33-,34-,35?,36?,37?,42+,43-/m0/s1. The van der Waals surface area contributed by atoms with Crippen molar-refractivity contribution in [2.45, 2.75) is 174 Å². The second-order valence-corrected chi connectivity index (χ2v) is 30.8. The molecule has 4 aliphatic rings. The zero-order valence-corrected chi connectivity index (χ0v) is 39.1. The quantitative estimate of drug-likeness (QED) is 0.137. The predicted octanol–water partition coefficient (Wildman–Crippen LogP) is 9.31. The zero-order valence-electron chi connectivity index (χ0n) is 37.1. The number of allylic oxidation sites excluding steroid dienone is 1. The number of rotatable bonds is 13. The molecule has 3 fully saturated rings. The first kappa shape index (κ1) is 44.7. The van der Waals surface area contributed by atoms with Crippen molar-refractivity contribution < 1.29 is 27.9 Å². The smallest absolute Gasteiger partial charge is 0.252 e. The molecule has 0 radical (unpaired) electrons. The van der Waals surface area contributed by atoms with Crippen LogP contribution in [0, 0.1) is 34.5 Å². The number of fused-ring (bicyclic) bond motifs is 5. The second kappa shape index (κ2) is 16.1. The van der Waals surface area contributed by atoms with Crippen LogP contribution in [0.3, 0.4) is 0 Å². The summed E-state index contributed by atoms with van der Waals surface area (Å²) in [5.41, 5.74) is 1.70. The molecule has 0 aromatic rings. The Morgan fingerprint density at radius 2 is 1.32 bits per heavy atom. The summed E-state index contributed by atoms with van der Waals surface area (Å²) in [7, 11) is 2.68. The van der Waals surface area contributed by atoms with Gasteiger partial charge in [0, 0.05) is 40.0 Å². The van der Waals surface area contributed by atoms with Gasteiger partial charge in [0.05, 0.1) is 25.4 Å². The van der Waals surface area contributed by atoms with E-state index in [4.69, 9.17) is 18.3 Å². The highest BCUT2D eigenvalue weighted by atomic mass is 28.4. The van der Waals surface area contributed by atoms with E-state index in [1.807, 2.05) is 14.1 Å². The maximum Gasteiger partial charge on any atom is 0.252 e. The maximum atomic E-state index is 13.7. The molecule has 0 N–H and O–H groups in total. The van der Waals surface area contributed by atoms with Gasteiger partial charge >= 0.3 is 0 Å². The Hall–Kier alpha value is -1.05. The van der Waals surface area contributed by atoms with Crippen molar-refractivity contribution in [1.82, 2.24) is 9.80 Å². The molecule has 0 aromatic carbocycles. The minimum Gasteiger partial charge on any atom is -0.403 e. The van der Waals surface area contributed by atoms with Crippen molar-refractivity contribution in [2.24, 2.45) is 34.5 Å². The average molecular weight is 777 g/mol. The summed E-state index contributed by atoms with van der Waals surface area (Å²) in [6.07, 6.45) is 10.1. The van der Waals surface area contributed by atoms with Crippen LogP contribution in [-0.4, -0.2) is 104 Å². The molecule has 0 heterocycles. The zero-order chi connectivity index (χ0) is 40.1. The molecule has 53 heavy (non-hydrogen) atoms. The summed E-state index contributed by atoms with van der Waals surface area (Å²) in [5.74, 6) is 2.63. The van der Waals surface area contributed by atoms with E-state index in [2.05, 4.69) is 94.6 Å². The lowest BCUT2D eigenvalue weighted by molar-refractivity contribution is -0.160. The highest BCUT2D eigenvalue weighted by Crippen LogP contribution is 2.67. The molecule has 0 saturated heterocycles. The third kappa shape index (κ3) is 8.93. The Kier molecular flexibility index (Phi) is 13.5. The van der Waals surface area contributed by atoms with Gasteiger partial charge in [0.15, 0.2) is 16.6 Å². The van der Waals surface area contributed by atoms with Gasteiger partial charge in [-0.1, -0.05) is 80.4 Å². The molecular formula is C43H80N2O6Si2. The largest absolute Gasteiger partial charge is 0.403 e. The maximum absolute atomic E-state index is 13.7. The molecule has 0 aromatic heterocycles. The molecule has 10 heteroatoms. The monoisotopic (exact) mass is 777 g/mol. The van der Waals surface area contributed by atoms with Crippen LogP contribution >= 0.6 is 0 Å². The van der Waals surface area contributed by atoms with Gasteiger partial charge in [-0.2, -0.15) is 0 Å². The van der Waals surface area contributed by atoms with Crippen molar-refractivity contribution >= 4 is 28.4 Å². The first-order chi connectivity index (χ1) is 24.2. The molecule has 10 atom stereocenters. The average Bonchev–Trinajstić information content (AvgIpc) is 3.39. The number of nitrogens with zero attached hydrogens (tertiary/aromatic N) is 2. The number of hydrogen-bond donors (Lipinski definition) is 0. The topological polar surface area (TPSA) is 77.5 Å². The molecule has 0 spiro atoms. The highest BCUT2D eigenvalue weighted by Gasteiger charge is 2.61. The molecule has 4 aliphatic carbocycles. The third-order valence-electron chi connectivity index (χ3n) is 15.7. The Bertz CT molecular complexity index is 1330. The molecule has 3 saturated carbocycles. The normalized spacial score (nSPS) is 33.3. The van der Waals surface area contributed by atoms with Crippen LogP contribution in [0.5, 0.6) is 0 Å². The van der Waals surface area contributed by atoms with Crippen LogP contribution in [-0.2, 0) is 27.9 Å². The molecule has 4 unspecified atom stereocenters. The first-order valence-corrected chi connectivity index (χ1v) is 26.7. The summed E-state index contributed by atoms with van der Waals surface area (Å²) < 4.78 is 27.5. The first-order valence-electron chi connectivity index (χ1n) is 20.9. The van der Waals surface area contributed by atoms with Gasteiger partial charge in [0.1, 0.15) is 12.2 Å². The van der Waals surface area contributed by atoms with E-state index in [1.165, 1.54) is 37.7 Å². The predicted molar refractivity (Wildman–Crippen MR) is 222 cm³/mol. The second-order valence-electron chi connectivity index (χ2n) is 21.3. The van der Waals surface area contributed by atoms with Crippen molar-refractivity contribution in [3.8, 4) is 0 Å². The number of likely N-dealkylation sites (N-methyl/N-ethyl adjacent to an activating group) is 2. The van der Waals surface area contributed by atoms with Crippen LogP contribution in [0.4, 0.5) is 0 Å². The molecule has 2 amide bonds. The summed E-state index contributed by atoms with van der Waals surface area (Å²) in [4.78, 5) is 30.5. The fourth-order valence-electron chi connectivity index (χ4n) is 10.2. The molecule has 0 bridgehead atoms. The van der Waals surface area contributed by atoms with Gasteiger partial charge in [-0.3, -0.25) is 9.59 Å². The Morgan fingerprint density at radius 3 is 1.79 bits per heavy atom. The summed E-state index contributed by atoms with van der Waals surface area (Å²) >= 11 is 0. The van der Waals surface area contributed by atoms with E-state index in [-0.39, 0.29) is 52.7 Å². The van der Waals surface area contributed by atoms with E-state index in [1.54, 1.807) is 23.9 Å². The van der Waals surface area contributed by atoms with Crippen LogP contribution in [0.15, 0.2) is 11.6 Å². The third-order valence-corrected chi connectivity index (χ3v) is 24.6. The van der Waals surface area contributed by atoms with E-state index in [0.717, 1.165) is 24.7 Å². The van der Waals surface area contributed by atoms with Crippen molar-refractivity contribution in [1.29, 1.82) is 0 Å². The molecule has 306 valence electrons. The van der Waals surface area contributed by atoms with Gasteiger partial charge in [-0.25, -0.2) is 0 Å².